The van der Waals surface area contributed by atoms with Crippen LogP contribution in [0.4, 0.5) is 0 Å². The molecule has 2 rings (SSSR count). The van der Waals surface area contributed by atoms with Gasteiger partial charge in [0.15, 0.2) is 5.16 Å². The first-order valence-electron chi connectivity index (χ1n) is 5.92. The van der Waals surface area contributed by atoms with Crippen molar-refractivity contribution in [2.24, 2.45) is 7.05 Å². The van der Waals surface area contributed by atoms with Gasteiger partial charge in [0.25, 0.3) is 0 Å². The molecule has 2 aromatic heterocycles. The minimum absolute atomic E-state index is 0.277. The fourth-order valence-electron chi connectivity index (χ4n) is 1.70. The summed E-state index contributed by atoms with van der Waals surface area (Å²) in [7, 11) is 1.88. The Bertz CT molecular complexity index is 511. The predicted molar refractivity (Wildman–Crippen MR) is 71.5 cm³/mol. The van der Waals surface area contributed by atoms with Gasteiger partial charge < -0.3 is 5.32 Å². The van der Waals surface area contributed by atoms with E-state index in [0.717, 1.165) is 16.7 Å². The topological polar surface area (TPSA) is 55.6 Å². The van der Waals surface area contributed by atoms with E-state index in [9.17, 15) is 0 Å². The van der Waals surface area contributed by atoms with Gasteiger partial charge in [0.1, 0.15) is 11.4 Å². The molecular weight excluding hydrogens is 246 g/mol. The fraction of sp³-hybridized carbons (Fsp3) is 0.417. The van der Waals surface area contributed by atoms with E-state index in [1.807, 2.05) is 13.1 Å². The summed E-state index contributed by atoms with van der Waals surface area (Å²) in [6.45, 7) is 5.17. The number of nitrogens with zero attached hydrogens (tertiary/aromatic N) is 4. The molecule has 0 aliphatic carbocycles. The number of aryl methyl sites for hydroxylation is 1. The van der Waals surface area contributed by atoms with E-state index >= 15 is 0 Å². The molecule has 96 valence electrons. The Hall–Kier alpha value is -1.40. The average molecular weight is 263 g/mol. The summed E-state index contributed by atoms with van der Waals surface area (Å²) >= 11 is 1.54. The normalized spacial score (nSPS) is 12.6. The van der Waals surface area contributed by atoms with Gasteiger partial charge in [-0.1, -0.05) is 13.0 Å². The van der Waals surface area contributed by atoms with Crippen LogP contribution in [0.15, 0.2) is 34.8 Å². The van der Waals surface area contributed by atoms with Crippen molar-refractivity contribution in [2.45, 2.75) is 30.1 Å². The van der Waals surface area contributed by atoms with E-state index in [-0.39, 0.29) is 6.04 Å². The van der Waals surface area contributed by atoms with Crippen molar-refractivity contribution < 1.29 is 0 Å². The molecule has 1 atom stereocenters. The van der Waals surface area contributed by atoms with E-state index in [1.54, 1.807) is 17.2 Å². The number of hydrogen-bond acceptors (Lipinski definition) is 5. The van der Waals surface area contributed by atoms with E-state index in [2.05, 4.69) is 40.3 Å². The number of rotatable bonds is 5. The maximum atomic E-state index is 4.44. The second-order valence-electron chi connectivity index (χ2n) is 3.95. The van der Waals surface area contributed by atoms with Gasteiger partial charge in [0.05, 0.1) is 0 Å². The highest BCUT2D eigenvalue weighted by Gasteiger charge is 2.13. The molecule has 2 heterocycles. The molecule has 0 radical (unpaired) electrons. The van der Waals surface area contributed by atoms with Crippen molar-refractivity contribution in [3.8, 4) is 0 Å². The molecule has 6 heteroatoms. The lowest BCUT2D eigenvalue weighted by Crippen LogP contribution is -2.18. The highest BCUT2D eigenvalue weighted by Crippen LogP contribution is 2.29. The molecule has 1 unspecified atom stereocenters. The lowest BCUT2D eigenvalue weighted by atomic mass is 10.1. The van der Waals surface area contributed by atoms with E-state index in [0.29, 0.717) is 0 Å². The van der Waals surface area contributed by atoms with Crippen molar-refractivity contribution in [2.75, 3.05) is 6.54 Å². The van der Waals surface area contributed by atoms with Crippen molar-refractivity contribution in [3.05, 3.63) is 30.2 Å². The van der Waals surface area contributed by atoms with Crippen molar-refractivity contribution in [1.29, 1.82) is 0 Å². The molecule has 18 heavy (non-hydrogen) atoms. The second kappa shape index (κ2) is 5.97. The maximum Gasteiger partial charge on any atom is 0.192 e. The van der Waals surface area contributed by atoms with E-state index < -0.39 is 0 Å². The summed E-state index contributed by atoms with van der Waals surface area (Å²) in [5, 5.41) is 9.29. The van der Waals surface area contributed by atoms with Crippen LogP contribution in [-0.4, -0.2) is 26.3 Å². The van der Waals surface area contributed by atoms with Crippen LogP contribution in [0.3, 0.4) is 0 Å². The molecule has 0 spiro atoms. The van der Waals surface area contributed by atoms with Crippen LogP contribution in [0.2, 0.25) is 0 Å². The van der Waals surface area contributed by atoms with Gasteiger partial charge in [0, 0.05) is 24.8 Å². The van der Waals surface area contributed by atoms with E-state index in [4.69, 9.17) is 0 Å². The van der Waals surface area contributed by atoms with Gasteiger partial charge in [0.2, 0.25) is 0 Å². The second-order valence-corrected chi connectivity index (χ2v) is 4.90. The van der Waals surface area contributed by atoms with Crippen LogP contribution in [0.1, 0.15) is 25.5 Å². The Morgan fingerprint density at radius 3 is 2.94 bits per heavy atom. The highest BCUT2D eigenvalue weighted by atomic mass is 32.2. The Labute approximate surface area is 111 Å². The van der Waals surface area contributed by atoms with Gasteiger partial charge in [-0.3, -0.25) is 0 Å². The minimum Gasteiger partial charge on any atom is -0.310 e. The van der Waals surface area contributed by atoms with E-state index in [1.165, 1.54) is 17.3 Å². The highest BCUT2D eigenvalue weighted by molar-refractivity contribution is 7.99. The third-order valence-electron chi connectivity index (χ3n) is 2.64. The molecule has 0 aromatic carbocycles. The van der Waals surface area contributed by atoms with Crippen molar-refractivity contribution >= 4 is 11.8 Å². The average Bonchev–Trinajstić information content (AvgIpc) is 2.76. The number of aromatic nitrogens is 4. The van der Waals surface area contributed by atoms with Crippen molar-refractivity contribution in [1.82, 2.24) is 25.1 Å². The molecule has 0 bridgehead atoms. The van der Waals surface area contributed by atoms with Crippen LogP contribution in [0, 0.1) is 0 Å². The van der Waals surface area contributed by atoms with Gasteiger partial charge in [-0.15, -0.1) is 0 Å². The Kier molecular flexibility index (Phi) is 4.33. The Morgan fingerprint density at radius 1 is 1.44 bits per heavy atom. The first kappa shape index (κ1) is 13.0. The molecule has 2 aromatic rings. The summed E-state index contributed by atoms with van der Waals surface area (Å²) in [5.41, 5.74) is 1.19. The van der Waals surface area contributed by atoms with Crippen LogP contribution >= 0.6 is 11.8 Å². The quantitative estimate of drug-likeness (QED) is 0.894. The third-order valence-corrected chi connectivity index (χ3v) is 3.72. The van der Waals surface area contributed by atoms with Gasteiger partial charge >= 0.3 is 0 Å². The SMILES string of the molecule is CCNC(C)c1cccnc1Sc1ncnn1C. The van der Waals surface area contributed by atoms with Crippen LogP contribution < -0.4 is 5.32 Å². The number of pyridine rings is 1. The maximum absolute atomic E-state index is 4.44. The Balaban J connectivity index is 2.25. The Morgan fingerprint density at radius 2 is 2.28 bits per heavy atom. The lowest BCUT2D eigenvalue weighted by molar-refractivity contribution is 0.584. The molecule has 0 saturated heterocycles. The zero-order valence-corrected chi connectivity index (χ0v) is 11.6. The van der Waals surface area contributed by atoms with Crippen LogP contribution in [0.5, 0.6) is 0 Å². The summed E-state index contributed by atoms with van der Waals surface area (Å²) < 4.78 is 1.75. The molecule has 0 aliphatic heterocycles. The van der Waals surface area contributed by atoms with Crippen molar-refractivity contribution in [3.63, 3.8) is 0 Å². The molecular formula is C12H17N5S. The zero-order valence-electron chi connectivity index (χ0n) is 10.8. The zero-order chi connectivity index (χ0) is 13.0. The van der Waals surface area contributed by atoms with Crippen LogP contribution in [0.25, 0.3) is 0 Å². The molecule has 0 fully saturated rings. The molecule has 0 saturated carbocycles. The fourth-order valence-corrected chi connectivity index (χ4v) is 2.63. The molecule has 0 aliphatic rings. The summed E-state index contributed by atoms with van der Waals surface area (Å²) in [6, 6.07) is 4.34. The predicted octanol–water partition coefficient (Wildman–Crippen LogP) is 2.03. The molecule has 1 N–H and O–H groups in total. The third kappa shape index (κ3) is 2.88. The summed E-state index contributed by atoms with van der Waals surface area (Å²) in [5.74, 6) is 0. The summed E-state index contributed by atoms with van der Waals surface area (Å²) in [4.78, 5) is 8.65. The molecule has 5 nitrogen and oxygen atoms in total. The first-order valence-corrected chi connectivity index (χ1v) is 6.74. The number of hydrogen-bond donors (Lipinski definition) is 1. The summed E-state index contributed by atoms with van der Waals surface area (Å²) in [6.07, 6.45) is 3.36. The smallest absolute Gasteiger partial charge is 0.192 e. The largest absolute Gasteiger partial charge is 0.310 e. The minimum atomic E-state index is 0.277. The van der Waals surface area contributed by atoms with Gasteiger partial charge in [-0.25, -0.2) is 14.6 Å². The van der Waals surface area contributed by atoms with Crippen LogP contribution in [-0.2, 0) is 7.05 Å². The molecule has 0 amide bonds. The van der Waals surface area contributed by atoms with Gasteiger partial charge in [-0.05, 0) is 31.3 Å². The first-order chi connectivity index (χ1) is 8.72. The lowest BCUT2D eigenvalue weighted by Gasteiger charge is -2.15. The number of nitrogens with one attached hydrogen (secondary N) is 1. The standard InChI is InChI=1S/C12H17N5S/c1-4-13-9(2)10-6-5-7-14-11(10)18-12-15-8-16-17(12)3/h5-9,13H,4H2,1-3H3. The van der Waals surface area contributed by atoms with Gasteiger partial charge in [-0.2, -0.15) is 5.10 Å². The monoisotopic (exact) mass is 263 g/mol.